The first-order chi connectivity index (χ1) is 8.99. The van der Waals surface area contributed by atoms with Gasteiger partial charge in [0.15, 0.2) is 0 Å². The van der Waals surface area contributed by atoms with Crippen LogP contribution in [0.5, 0.6) is 0 Å². The van der Waals surface area contributed by atoms with Gasteiger partial charge in [0, 0.05) is 6.61 Å². The summed E-state index contributed by atoms with van der Waals surface area (Å²) < 4.78 is 5.71. The van der Waals surface area contributed by atoms with Crippen LogP contribution in [0.25, 0.3) is 0 Å². The van der Waals surface area contributed by atoms with Gasteiger partial charge in [0.25, 0.3) is 0 Å². The number of ether oxygens (including phenoxy) is 1. The predicted octanol–water partition coefficient (Wildman–Crippen LogP) is 4.62. The van der Waals surface area contributed by atoms with E-state index in [1.165, 1.54) is 11.1 Å². The molecule has 0 fully saturated rings. The third-order valence-electron chi connectivity index (χ3n) is 2.82. The van der Waals surface area contributed by atoms with E-state index in [1.807, 2.05) is 13.8 Å². The van der Waals surface area contributed by atoms with Gasteiger partial charge >= 0.3 is 0 Å². The predicted molar refractivity (Wildman–Crippen MR) is 82.3 cm³/mol. The monoisotopic (exact) mass is 264 g/mol. The minimum Gasteiger partial charge on any atom is -0.374 e. The molecule has 0 aromatic heterocycles. The van der Waals surface area contributed by atoms with Crippen LogP contribution in [0.1, 0.15) is 53.9 Å². The maximum atomic E-state index is 10.4. The van der Waals surface area contributed by atoms with Gasteiger partial charge in [-0.3, -0.25) is 4.79 Å². The van der Waals surface area contributed by atoms with Crippen molar-refractivity contribution in [2.75, 3.05) is 6.61 Å². The zero-order chi connectivity index (χ0) is 14.7. The molecule has 0 amide bonds. The van der Waals surface area contributed by atoms with Crippen molar-refractivity contribution in [3.05, 3.63) is 34.9 Å². The van der Waals surface area contributed by atoms with Crippen LogP contribution in [0.3, 0.4) is 0 Å². The lowest BCUT2D eigenvalue weighted by Crippen LogP contribution is -2.11. The number of rotatable bonds is 9. The second-order valence-electron chi connectivity index (χ2n) is 5.18. The van der Waals surface area contributed by atoms with Crippen LogP contribution in [0.2, 0.25) is 0 Å². The summed E-state index contributed by atoms with van der Waals surface area (Å²) in [5.41, 5.74) is 3.76. The van der Waals surface area contributed by atoms with E-state index in [0.717, 1.165) is 31.1 Å². The standard InChI is InChI=1S/C17H28O2/c1-6-19-17(13-16(5)10-11-18)12-15(4)9-7-8-14(2)3/h8,10-12,17H,6-7,9,13H2,1-5H3. The molecular weight excluding hydrogens is 236 g/mol. The molecule has 0 heterocycles. The highest BCUT2D eigenvalue weighted by atomic mass is 16.5. The average molecular weight is 264 g/mol. The summed E-state index contributed by atoms with van der Waals surface area (Å²) in [6, 6.07) is 0. The van der Waals surface area contributed by atoms with E-state index in [9.17, 15) is 4.79 Å². The molecule has 1 unspecified atom stereocenters. The average Bonchev–Trinajstić information content (AvgIpc) is 2.28. The van der Waals surface area contributed by atoms with Gasteiger partial charge in [0.05, 0.1) is 6.10 Å². The van der Waals surface area contributed by atoms with E-state index in [2.05, 4.69) is 32.9 Å². The largest absolute Gasteiger partial charge is 0.374 e. The number of carbonyl (C=O) groups is 1. The van der Waals surface area contributed by atoms with Crippen LogP contribution in [0.4, 0.5) is 0 Å². The molecule has 0 bridgehead atoms. The zero-order valence-electron chi connectivity index (χ0n) is 13.0. The molecule has 1 atom stereocenters. The smallest absolute Gasteiger partial charge is 0.142 e. The molecule has 0 aliphatic carbocycles. The van der Waals surface area contributed by atoms with Gasteiger partial charge in [-0.1, -0.05) is 28.9 Å². The number of carbonyl (C=O) groups excluding carboxylic acids is 1. The van der Waals surface area contributed by atoms with Crippen LogP contribution in [-0.2, 0) is 9.53 Å². The first kappa shape index (κ1) is 17.8. The Labute approximate surface area is 118 Å². The summed E-state index contributed by atoms with van der Waals surface area (Å²) in [5.74, 6) is 0. The van der Waals surface area contributed by atoms with Crippen LogP contribution in [0.15, 0.2) is 34.9 Å². The Balaban J connectivity index is 4.48. The normalized spacial score (nSPS) is 14.2. The molecule has 0 aliphatic heterocycles. The van der Waals surface area contributed by atoms with Crippen molar-refractivity contribution < 1.29 is 9.53 Å². The number of allylic oxidation sites excluding steroid dienone is 4. The number of aldehydes is 1. The van der Waals surface area contributed by atoms with Crippen LogP contribution < -0.4 is 0 Å². The Morgan fingerprint density at radius 1 is 1.16 bits per heavy atom. The lowest BCUT2D eigenvalue weighted by molar-refractivity contribution is -0.104. The van der Waals surface area contributed by atoms with Gasteiger partial charge in [0.1, 0.15) is 6.29 Å². The van der Waals surface area contributed by atoms with E-state index in [1.54, 1.807) is 6.08 Å². The van der Waals surface area contributed by atoms with Gasteiger partial charge in [-0.15, -0.1) is 0 Å². The molecule has 0 spiro atoms. The highest BCUT2D eigenvalue weighted by Crippen LogP contribution is 2.14. The lowest BCUT2D eigenvalue weighted by Gasteiger charge is -2.14. The summed E-state index contributed by atoms with van der Waals surface area (Å²) in [4.78, 5) is 10.4. The highest BCUT2D eigenvalue weighted by molar-refractivity contribution is 5.65. The van der Waals surface area contributed by atoms with Gasteiger partial charge in [-0.25, -0.2) is 0 Å². The van der Waals surface area contributed by atoms with Crippen molar-refractivity contribution in [3.8, 4) is 0 Å². The Kier molecular flexibility index (Phi) is 10.1. The molecule has 0 radical (unpaired) electrons. The summed E-state index contributed by atoms with van der Waals surface area (Å²) in [6.45, 7) is 11.0. The molecule has 0 rings (SSSR count). The summed E-state index contributed by atoms with van der Waals surface area (Å²) in [5, 5.41) is 0. The molecule has 108 valence electrons. The fraction of sp³-hybridized carbons (Fsp3) is 0.588. The molecule has 0 saturated heterocycles. The van der Waals surface area contributed by atoms with Crippen molar-refractivity contribution in [2.45, 2.75) is 60.0 Å². The van der Waals surface area contributed by atoms with E-state index in [-0.39, 0.29) is 6.10 Å². The van der Waals surface area contributed by atoms with Crippen molar-refractivity contribution in [1.29, 1.82) is 0 Å². The van der Waals surface area contributed by atoms with Crippen LogP contribution in [0, 0.1) is 0 Å². The third-order valence-corrected chi connectivity index (χ3v) is 2.82. The van der Waals surface area contributed by atoms with Gasteiger partial charge < -0.3 is 4.74 Å². The van der Waals surface area contributed by atoms with Crippen molar-refractivity contribution in [3.63, 3.8) is 0 Å². The number of hydrogen-bond donors (Lipinski definition) is 0. The van der Waals surface area contributed by atoms with E-state index in [0.29, 0.717) is 6.61 Å². The molecule has 0 aliphatic rings. The SMILES string of the molecule is CCOC(C=C(C)CCC=C(C)C)CC(C)=CC=O. The van der Waals surface area contributed by atoms with E-state index in [4.69, 9.17) is 4.74 Å². The minimum atomic E-state index is 0.0768. The molecule has 2 heteroatoms. The van der Waals surface area contributed by atoms with Crippen molar-refractivity contribution in [2.24, 2.45) is 0 Å². The van der Waals surface area contributed by atoms with Crippen molar-refractivity contribution in [1.82, 2.24) is 0 Å². The molecule has 0 aromatic rings. The van der Waals surface area contributed by atoms with Crippen molar-refractivity contribution >= 4 is 6.29 Å². The van der Waals surface area contributed by atoms with Crippen LogP contribution >= 0.6 is 0 Å². The van der Waals surface area contributed by atoms with Gasteiger partial charge in [-0.2, -0.15) is 0 Å². The second-order valence-corrected chi connectivity index (χ2v) is 5.18. The zero-order valence-corrected chi connectivity index (χ0v) is 13.0. The maximum Gasteiger partial charge on any atom is 0.142 e. The molecule has 0 N–H and O–H groups in total. The summed E-state index contributed by atoms with van der Waals surface area (Å²) in [7, 11) is 0. The Hall–Kier alpha value is -1.15. The quantitative estimate of drug-likeness (QED) is 0.345. The minimum absolute atomic E-state index is 0.0768. The van der Waals surface area contributed by atoms with Gasteiger partial charge in [-0.05, 0) is 60.0 Å². The second kappa shape index (κ2) is 10.7. The summed E-state index contributed by atoms with van der Waals surface area (Å²) >= 11 is 0. The van der Waals surface area contributed by atoms with Gasteiger partial charge in [0.2, 0.25) is 0 Å². The first-order valence-electron chi connectivity index (χ1n) is 7.02. The Morgan fingerprint density at radius 3 is 2.37 bits per heavy atom. The molecule has 2 nitrogen and oxygen atoms in total. The topological polar surface area (TPSA) is 26.3 Å². The molecule has 0 aromatic carbocycles. The first-order valence-corrected chi connectivity index (χ1v) is 7.02. The van der Waals surface area contributed by atoms with Crippen LogP contribution in [-0.4, -0.2) is 19.0 Å². The fourth-order valence-corrected chi connectivity index (χ4v) is 1.87. The fourth-order valence-electron chi connectivity index (χ4n) is 1.87. The lowest BCUT2D eigenvalue weighted by atomic mass is 10.0. The molecular formula is C17H28O2. The maximum absolute atomic E-state index is 10.4. The molecule has 19 heavy (non-hydrogen) atoms. The molecule has 0 saturated carbocycles. The van der Waals surface area contributed by atoms with E-state index >= 15 is 0 Å². The summed E-state index contributed by atoms with van der Waals surface area (Å²) in [6.07, 6.45) is 9.88. The Bertz CT molecular complexity index is 344. The number of hydrogen-bond acceptors (Lipinski definition) is 2. The third kappa shape index (κ3) is 10.5. The highest BCUT2D eigenvalue weighted by Gasteiger charge is 2.06. The Morgan fingerprint density at radius 2 is 1.84 bits per heavy atom. The van der Waals surface area contributed by atoms with E-state index < -0.39 is 0 Å².